The summed E-state index contributed by atoms with van der Waals surface area (Å²) >= 11 is 1.67. The van der Waals surface area contributed by atoms with Crippen molar-refractivity contribution in [3.63, 3.8) is 0 Å². The minimum Gasteiger partial charge on any atom is -0.356 e. The molecule has 0 radical (unpaired) electrons. The predicted molar refractivity (Wildman–Crippen MR) is 99.6 cm³/mol. The van der Waals surface area contributed by atoms with Crippen LogP contribution in [-0.2, 0) is 11.3 Å². The molecule has 6 nitrogen and oxygen atoms in total. The Morgan fingerprint density at radius 1 is 1.46 bits per heavy atom. The molecule has 7 heteroatoms. The highest BCUT2D eigenvalue weighted by molar-refractivity contribution is 7.07. The molecule has 1 aliphatic carbocycles. The third-order valence-corrected chi connectivity index (χ3v) is 6.42. The highest BCUT2D eigenvalue weighted by atomic mass is 32.1. The van der Waals surface area contributed by atoms with Crippen molar-refractivity contribution >= 4 is 23.1 Å². The number of aromatic nitrogens is 2. The number of piperidine rings is 1. The lowest BCUT2D eigenvalue weighted by atomic mass is 9.92. The van der Waals surface area contributed by atoms with Gasteiger partial charge in [-0.1, -0.05) is 0 Å². The summed E-state index contributed by atoms with van der Waals surface area (Å²) in [5, 5.41) is 13.2. The van der Waals surface area contributed by atoms with Crippen LogP contribution in [0, 0.1) is 16.7 Å². The summed E-state index contributed by atoms with van der Waals surface area (Å²) in [7, 11) is 0. The van der Waals surface area contributed by atoms with E-state index in [1.54, 1.807) is 24.5 Å². The average molecular weight is 367 g/mol. The smallest absolute Gasteiger partial charge is 0.234 e. The first-order valence-electron chi connectivity index (χ1n) is 8.88. The van der Waals surface area contributed by atoms with Crippen LogP contribution in [0.2, 0.25) is 0 Å². The lowest BCUT2D eigenvalue weighted by Gasteiger charge is -2.35. The zero-order chi connectivity index (χ0) is 18.1. The molecular weight excluding hydrogens is 346 g/mol. The lowest BCUT2D eigenvalue weighted by Crippen LogP contribution is -2.40. The average Bonchev–Trinajstić information content (AvgIpc) is 3.09. The Morgan fingerprint density at radius 3 is 2.92 bits per heavy atom. The van der Waals surface area contributed by atoms with Gasteiger partial charge in [-0.05, 0) is 53.1 Å². The number of carbonyl (C=O) groups is 1. The molecule has 3 heterocycles. The molecule has 1 saturated heterocycles. The second-order valence-electron chi connectivity index (χ2n) is 7.20. The van der Waals surface area contributed by atoms with Crippen molar-refractivity contribution in [2.45, 2.75) is 38.8 Å². The van der Waals surface area contributed by atoms with Crippen LogP contribution in [0.4, 0.5) is 5.82 Å². The maximum absolute atomic E-state index is 12.2. The van der Waals surface area contributed by atoms with E-state index < -0.39 is 0 Å². The van der Waals surface area contributed by atoms with Crippen LogP contribution in [-0.4, -0.2) is 39.9 Å². The lowest BCUT2D eigenvalue weighted by molar-refractivity contribution is -0.130. The first-order chi connectivity index (χ1) is 12.6. The second kappa shape index (κ2) is 6.69. The molecule has 1 atom stereocenters. The third-order valence-electron chi connectivity index (χ3n) is 5.68. The summed E-state index contributed by atoms with van der Waals surface area (Å²) in [6, 6.07) is 6.31. The highest BCUT2D eigenvalue weighted by Crippen LogP contribution is 2.57. The van der Waals surface area contributed by atoms with Crippen molar-refractivity contribution in [2.75, 3.05) is 18.0 Å². The fraction of sp³-hybridized carbons (Fsp3) is 0.474. The molecule has 2 aromatic rings. The van der Waals surface area contributed by atoms with Gasteiger partial charge in [0, 0.05) is 38.8 Å². The van der Waals surface area contributed by atoms with Crippen molar-refractivity contribution in [1.29, 1.82) is 5.26 Å². The van der Waals surface area contributed by atoms with Crippen molar-refractivity contribution in [1.82, 2.24) is 14.9 Å². The van der Waals surface area contributed by atoms with Gasteiger partial charge in [0.1, 0.15) is 11.9 Å². The maximum atomic E-state index is 12.2. The number of thiophene rings is 1. The Balaban J connectivity index is 1.41. The molecule has 2 fully saturated rings. The van der Waals surface area contributed by atoms with Crippen LogP contribution in [0.15, 0.2) is 29.1 Å². The monoisotopic (exact) mass is 367 g/mol. The van der Waals surface area contributed by atoms with Gasteiger partial charge in [-0.2, -0.15) is 16.6 Å². The van der Waals surface area contributed by atoms with E-state index >= 15 is 0 Å². The van der Waals surface area contributed by atoms with Crippen LogP contribution in [0.5, 0.6) is 0 Å². The molecule has 1 spiro atoms. The first-order valence-corrected chi connectivity index (χ1v) is 9.82. The Labute approximate surface area is 157 Å². The Hall–Kier alpha value is -2.46. The molecule has 1 amide bonds. The SMILES string of the molecule is CC(=O)N(Cc1ccsc1)C1CC12CCN(c1ccnc(C#N)n1)CC2. The molecule has 0 N–H and O–H groups in total. The van der Waals surface area contributed by atoms with E-state index in [4.69, 9.17) is 5.26 Å². The van der Waals surface area contributed by atoms with Gasteiger partial charge in [0.15, 0.2) is 0 Å². The number of carbonyl (C=O) groups excluding carboxylic acids is 1. The molecule has 0 aromatic carbocycles. The molecular formula is C19H21N5OS. The van der Waals surface area contributed by atoms with E-state index in [0.717, 1.165) is 38.2 Å². The summed E-state index contributed by atoms with van der Waals surface area (Å²) in [5.41, 5.74) is 1.47. The second-order valence-corrected chi connectivity index (χ2v) is 7.98. The van der Waals surface area contributed by atoms with E-state index in [1.807, 2.05) is 12.1 Å². The molecule has 26 heavy (non-hydrogen) atoms. The number of hydrogen-bond acceptors (Lipinski definition) is 6. The van der Waals surface area contributed by atoms with Gasteiger partial charge in [0.2, 0.25) is 11.7 Å². The Morgan fingerprint density at radius 2 is 2.27 bits per heavy atom. The fourth-order valence-corrected chi connectivity index (χ4v) is 4.74. The minimum absolute atomic E-state index is 0.162. The van der Waals surface area contributed by atoms with Gasteiger partial charge in [-0.25, -0.2) is 9.97 Å². The molecule has 1 aliphatic heterocycles. The summed E-state index contributed by atoms with van der Waals surface area (Å²) in [4.78, 5) is 24.7. The summed E-state index contributed by atoms with van der Waals surface area (Å²) in [5.74, 6) is 1.20. The van der Waals surface area contributed by atoms with E-state index in [9.17, 15) is 4.79 Å². The number of amides is 1. The van der Waals surface area contributed by atoms with Crippen LogP contribution >= 0.6 is 11.3 Å². The van der Waals surface area contributed by atoms with Crippen molar-refractivity contribution in [3.8, 4) is 6.07 Å². The first kappa shape index (κ1) is 17.0. The topological polar surface area (TPSA) is 73.1 Å². The molecule has 0 bridgehead atoms. The zero-order valence-electron chi connectivity index (χ0n) is 14.8. The van der Waals surface area contributed by atoms with Gasteiger partial charge >= 0.3 is 0 Å². The number of hydrogen-bond donors (Lipinski definition) is 0. The molecule has 2 aliphatic rings. The normalized spacial score (nSPS) is 20.6. The summed E-state index contributed by atoms with van der Waals surface area (Å²) in [6.07, 6.45) is 4.84. The predicted octanol–water partition coefficient (Wildman–Crippen LogP) is 2.82. The molecule has 134 valence electrons. The third kappa shape index (κ3) is 3.17. The van der Waals surface area contributed by atoms with E-state index in [-0.39, 0.29) is 17.1 Å². The summed E-state index contributed by atoms with van der Waals surface area (Å²) < 4.78 is 0. The minimum atomic E-state index is 0.162. The van der Waals surface area contributed by atoms with Crippen LogP contribution in [0.3, 0.4) is 0 Å². The van der Waals surface area contributed by atoms with Crippen molar-refractivity contribution in [3.05, 3.63) is 40.5 Å². The van der Waals surface area contributed by atoms with E-state index in [2.05, 4.69) is 36.6 Å². The van der Waals surface area contributed by atoms with Gasteiger partial charge < -0.3 is 9.80 Å². The number of anilines is 1. The molecule has 1 unspecified atom stereocenters. The van der Waals surface area contributed by atoms with Crippen LogP contribution < -0.4 is 4.90 Å². The molecule has 2 aromatic heterocycles. The standard InChI is InChI=1S/C19H21N5OS/c1-14(25)24(12-15-3-9-26-13-15)16-10-19(16)4-7-23(8-5-19)18-2-6-21-17(11-20)22-18/h2-3,6,9,13,16H,4-5,7-8,10,12H2,1H3. The quantitative estimate of drug-likeness (QED) is 0.831. The summed E-state index contributed by atoms with van der Waals surface area (Å²) in [6.45, 7) is 4.20. The Kier molecular flexibility index (Phi) is 4.37. The van der Waals surface area contributed by atoms with E-state index in [1.165, 1.54) is 5.56 Å². The van der Waals surface area contributed by atoms with Crippen LogP contribution in [0.1, 0.15) is 37.6 Å². The van der Waals surface area contributed by atoms with Gasteiger partial charge in [0.05, 0.1) is 0 Å². The van der Waals surface area contributed by atoms with Crippen molar-refractivity contribution in [2.24, 2.45) is 5.41 Å². The highest BCUT2D eigenvalue weighted by Gasteiger charge is 2.58. The Bertz CT molecular complexity index is 836. The van der Waals surface area contributed by atoms with Gasteiger partial charge in [-0.3, -0.25) is 4.79 Å². The number of rotatable bonds is 4. The fourth-order valence-electron chi connectivity index (χ4n) is 4.08. The zero-order valence-corrected chi connectivity index (χ0v) is 15.6. The largest absolute Gasteiger partial charge is 0.356 e. The number of nitrogens with zero attached hydrogens (tertiary/aromatic N) is 5. The molecule has 4 rings (SSSR count). The number of nitriles is 1. The molecule has 1 saturated carbocycles. The maximum Gasteiger partial charge on any atom is 0.234 e. The van der Waals surface area contributed by atoms with Crippen molar-refractivity contribution < 1.29 is 4.79 Å². The van der Waals surface area contributed by atoms with Gasteiger partial charge in [0.25, 0.3) is 0 Å². The van der Waals surface area contributed by atoms with E-state index in [0.29, 0.717) is 12.6 Å². The van der Waals surface area contributed by atoms with Gasteiger partial charge in [-0.15, -0.1) is 0 Å². The van der Waals surface area contributed by atoms with Crippen LogP contribution in [0.25, 0.3) is 0 Å².